The van der Waals surface area contributed by atoms with E-state index in [4.69, 9.17) is 14.5 Å². The third-order valence-electron chi connectivity index (χ3n) is 4.88. The van der Waals surface area contributed by atoms with Gasteiger partial charge in [-0.1, -0.05) is 13.8 Å². The van der Waals surface area contributed by atoms with E-state index in [1.165, 1.54) is 19.5 Å². The molecule has 0 aromatic heterocycles. The van der Waals surface area contributed by atoms with Gasteiger partial charge in [-0.3, -0.25) is 9.89 Å². The Labute approximate surface area is 161 Å². The summed E-state index contributed by atoms with van der Waals surface area (Å²) in [5.41, 5.74) is 0.0779. The third kappa shape index (κ3) is 9.19. The van der Waals surface area contributed by atoms with Crippen LogP contribution in [0.2, 0.25) is 0 Å². The number of methoxy groups -OCH3 is 1. The zero-order valence-corrected chi connectivity index (χ0v) is 17.9. The summed E-state index contributed by atoms with van der Waals surface area (Å²) in [4.78, 5) is 7.46. The van der Waals surface area contributed by atoms with Gasteiger partial charge in [-0.15, -0.1) is 0 Å². The molecule has 154 valence electrons. The van der Waals surface area contributed by atoms with Crippen LogP contribution in [0.25, 0.3) is 0 Å². The number of hydrogen-bond donors (Lipinski definition) is 2. The molecule has 1 rings (SSSR count). The van der Waals surface area contributed by atoms with Crippen LogP contribution >= 0.6 is 0 Å². The van der Waals surface area contributed by atoms with Gasteiger partial charge in [-0.05, 0) is 45.4 Å². The maximum atomic E-state index is 5.50. The van der Waals surface area contributed by atoms with E-state index in [1.54, 1.807) is 7.11 Å². The smallest absolute Gasteiger partial charge is 0.191 e. The number of likely N-dealkylation sites (tertiary alicyclic amines) is 1. The summed E-state index contributed by atoms with van der Waals surface area (Å²) in [6.45, 7) is 18.4. The van der Waals surface area contributed by atoms with Crippen LogP contribution in [0.1, 0.15) is 47.5 Å². The Morgan fingerprint density at radius 1 is 1.12 bits per heavy atom. The Bertz CT molecular complexity index is 391. The van der Waals surface area contributed by atoms with Crippen molar-refractivity contribution in [2.45, 2.75) is 53.0 Å². The van der Waals surface area contributed by atoms with Crippen molar-refractivity contribution in [3.8, 4) is 0 Å². The van der Waals surface area contributed by atoms with Crippen molar-refractivity contribution in [2.24, 2.45) is 16.8 Å². The molecule has 1 fully saturated rings. The number of piperidine rings is 1. The molecular weight excluding hydrogens is 328 g/mol. The first kappa shape index (κ1) is 23.2. The minimum Gasteiger partial charge on any atom is -0.382 e. The lowest BCUT2D eigenvalue weighted by Gasteiger charge is -2.44. The second-order valence-electron chi connectivity index (χ2n) is 8.24. The van der Waals surface area contributed by atoms with Crippen molar-refractivity contribution in [1.29, 1.82) is 0 Å². The van der Waals surface area contributed by atoms with Crippen molar-refractivity contribution in [3.05, 3.63) is 0 Å². The molecule has 26 heavy (non-hydrogen) atoms. The van der Waals surface area contributed by atoms with Crippen LogP contribution in [0.4, 0.5) is 0 Å². The van der Waals surface area contributed by atoms with Crippen molar-refractivity contribution in [2.75, 3.05) is 59.7 Å². The van der Waals surface area contributed by atoms with Crippen LogP contribution in [-0.4, -0.2) is 76.1 Å². The lowest BCUT2D eigenvalue weighted by atomic mass is 9.88. The molecule has 0 spiro atoms. The molecule has 1 heterocycles. The molecule has 0 saturated carbocycles. The molecule has 0 amide bonds. The van der Waals surface area contributed by atoms with Gasteiger partial charge in [-0.2, -0.15) is 0 Å². The van der Waals surface area contributed by atoms with Gasteiger partial charge in [0.2, 0.25) is 0 Å². The van der Waals surface area contributed by atoms with Gasteiger partial charge in [0.25, 0.3) is 0 Å². The van der Waals surface area contributed by atoms with E-state index in [9.17, 15) is 0 Å². The Morgan fingerprint density at radius 2 is 1.81 bits per heavy atom. The molecule has 6 heteroatoms. The molecule has 2 N–H and O–H groups in total. The van der Waals surface area contributed by atoms with Crippen LogP contribution in [0.15, 0.2) is 4.99 Å². The molecule has 2 atom stereocenters. The fourth-order valence-electron chi connectivity index (χ4n) is 3.50. The summed E-state index contributed by atoms with van der Waals surface area (Å²) in [5, 5.41) is 6.76. The van der Waals surface area contributed by atoms with Gasteiger partial charge in [0.05, 0.1) is 19.8 Å². The molecule has 1 saturated heterocycles. The number of nitrogens with zero attached hydrogens (tertiary/aromatic N) is 2. The van der Waals surface area contributed by atoms with Crippen LogP contribution in [0, 0.1) is 11.8 Å². The van der Waals surface area contributed by atoms with E-state index in [0.717, 1.165) is 50.5 Å². The zero-order valence-electron chi connectivity index (χ0n) is 17.9. The molecule has 0 radical (unpaired) electrons. The van der Waals surface area contributed by atoms with Gasteiger partial charge in [0.1, 0.15) is 0 Å². The first-order chi connectivity index (χ1) is 12.4. The number of nitrogens with one attached hydrogen (secondary N) is 2. The van der Waals surface area contributed by atoms with E-state index >= 15 is 0 Å². The van der Waals surface area contributed by atoms with E-state index in [2.05, 4.69) is 50.2 Å². The molecule has 0 aromatic rings. The SMILES string of the molecule is CCNC(=NCC(C)(C)N1CC(C)CC(C)C1)NCCCOCCOC. The van der Waals surface area contributed by atoms with Crippen LogP contribution < -0.4 is 10.6 Å². The topological polar surface area (TPSA) is 58.1 Å². The predicted octanol–water partition coefficient (Wildman–Crippen LogP) is 2.35. The number of hydrogen-bond acceptors (Lipinski definition) is 4. The van der Waals surface area contributed by atoms with Gasteiger partial charge in [0, 0.05) is 45.4 Å². The molecule has 1 aliphatic heterocycles. The highest BCUT2D eigenvalue weighted by Crippen LogP contribution is 2.27. The van der Waals surface area contributed by atoms with Crippen molar-refractivity contribution >= 4 is 5.96 Å². The zero-order chi connectivity index (χ0) is 19.4. The lowest BCUT2D eigenvalue weighted by Crippen LogP contribution is -2.53. The first-order valence-electron chi connectivity index (χ1n) is 10.2. The average Bonchev–Trinajstić information content (AvgIpc) is 2.58. The first-order valence-corrected chi connectivity index (χ1v) is 10.2. The maximum absolute atomic E-state index is 5.50. The minimum atomic E-state index is 0.0779. The molecule has 2 unspecified atom stereocenters. The van der Waals surface area contributed by atoms with E-state index in [0.29, 0.717) is 13.2 Å². The van der Waals surface area contributed by atoms with Crippen molar-refractivity contribution in [1.82, 2.24) is 15.5 Å². The monoisotopic (exact) mass is 370 g/mol. The van der Waals surface area contributed by atoms with Crippen molar-refractivity contribution in [3.63, 3.8) is 0 Å². The molecule has 0 bridgehead atoms. The molecular formula is C20H42N4O2. The quantitative estimate of drug-likeness (QED) is 0.332. The summed E-state index contributed by atoms with van der Waals surface area (Å²) < 4.78 is 10.5. The highest BCUT2D eigenvalue weighted by Gasteiger charge is 2.32. The number of aliphatic imine (C=N–C) groups is 1. The summed E-state index contributed by atoms with van der Waals surface area (Å²) in [6.07, 6.45) is 2.30. The molecule has 6 nitrogen and oxygen atoms in total. The number of rotatable bonds is 11. The van der Waals surface area contributed by atoms with E-state index in [-0.39, 0.29) is 5.54 Å². The van der Waals surface area contributed by atoms with E-state index in [1.807, 2.05) is 0 Å². The summed E-state index contributed by atoms with van der Waals surface area (Å²) in [5.74, 6) is 2.44. The molecule has 1 aliphatic rings. The second kappa shape index (κ2) is 12.5. The molecule has 0 aliphatic carbocycles. The minimum absolute atomic E-state index is 0.0779. The van der Waals surface area contributed by atoms with Gasteiger partial charge < -0.3 is 20.1 Å². The second-order valence-corrected chi connectivity index (χ2v) is 8.24. The fourth-order valence-corrected chi connectivity index (χ4v) is 3.50. The van der Waals surface area contributed by atoms with Crippen LogP contribution in [0.3, 0.4) is 0 Å². The number of ether oxygens (including phenoxy) is 2. The molecule has 0 aromatic carbocycles. The highest BCUT2D eigenvalue weighted by molar-refractivity contribution is 5.79. The normalized spacial score (nSPS) is 22.5. The highest BCUT2D eigenvalue weighted by atomic mass is 16.5. The van der Waals surface area contributed by atoms with Gasteiger partial charge >= 0.3 is 0 Å². The average molecular weight is 371 g/mol. The van der Waals surface area contributed by atoms with Crippen LogP contribution in [0.5, 0.6) is 0 Å². The van der Waals surface area contributed by atoms with Gasteiger partial charge in [-0.25, -0.2) is 0 Å². The Kier molecular flexibility index (Phi) is 11.2. The Hall–Kier alpha value is -0.850. The lowest BCUT2D eigenvalue weighted by molar-refractivity contribution is 0.0512. The third-order valence-corrected chi connectivity index (χ3v) is 4.88. The summed E-state index contributed by atoms with van der Waals surface area (Å²) >= 11 is 0. The predicted molar refractivity (Wildman–Crippen MR) is 110 cm³/mol. The summed E-state index contributed by atoms with van der Waals surface area (Å²) in [7, 11) is 1.69. The largest absolute Gasteiger partial charge is 0.382 e. The van der Waals surface area contributed by atoms with E-state index < -0.39 is 0 Å². The fraction of sp³-hybridized carbons (Fsp3) is 0.950. The summed E-state index contributed by atoms with van der Waals surface area (Å²) in [6, 6.07) is 0. The Morgan fingerprint density at radius 3 is 2.42 bits per heavy atom. The van der Waals surface area contributed by atoms with Gasteiger partial charge in [0.15, 0.2) is 5.96 Å². The standard InChI is InChI=1S/C20H42N4O2/c1-7-21-19(22-9-8-10-26-12-11-25-6)23-16-20(4,5)24-14-17(2)13-18(3)15-24/h17-18H,7-16H2,1-6H3,(H2,21,22,23). The maximum Gasteiger partial charge on any atom is 0.191 e. The number of guanidine groups is 1. The van der Waals surface area contributed by atoms with Crippen LogP contribution in [-0.2, 0) is 9.47 Å². The Balaban J connectivity index is 2.43. The van der Waals surface area contributed by atoms with Crippen molar-refractivity contribution < 1.29 is 9.47 Å².